The first kappa shape index (κ1) is 15.6. The lowest BCUT2D eigenvalue weighted by molar-refractivity contribution is -0.139. The van der Waals surface area contributed by atoms with E-state index in [1.165, 1.54) is 0 Å². The first-order valence-electron chi connectivity index (χ1n) is 7.39. The lowest BCUT2D eigenvalue weighted by Crippen LogP contribution is -2.13. The minimum atomic E-state index is -0.287. The highest BCUT2D eigenvalue weighted by atomic mass is 16.6. The van der Waals surface area contributed by atoms with Gasteiger partial charge in [0.25, 0.3) is 0 Å². The average Bonchev–Trinajstić information content (AvgIpc) is 3.03. The number of ether oxygens (including phenoxy) is 3. The van der Waals surface area contributed by atoms with Gasteiger partial charge in [-0.05, 0) is 38.3 Å². The van der Waals surface area contributed by atoms with E-state index in [0.717, 1.165) is 31.6 Å². The molecule has 1 aliphatic rings. The summed E-state index contributed by atoms with van der Waals surface area (Å²) in [6, 6.07) is 9.47. The highest BCUT2D eigenvalue weighted by molar-refractivity contribution is 5.87. The molecule has 0 saturated carbocycles. The summed E-state index contributed by atoms with van der Waals surface area (Å²) in [7, 11) is 0. The maximum atomic E-state index is 11.8. The Balaban J connectivity index is 1.63. The Morgan fingerprint density at radius 1 is 1.33 bits per heavy atom. The van der Waals surface area contributed by atoms with Crippen LogP contribution in [0.5, 0.6) is 5.75 Å². The van der Waals surface area contributed by atoms with E-state index in [1.54, 1.807) is 6.92 Å². The van der Waals surface area contributed by atoms with Crippen molar-refractivity contribution in [3.8, 4) is 5.75 Å². The van der Waals surface area contributed by atoms with Crippen LogP contribution in [-0.2, 0) is 14.3 Å². The van der Waals surface area contributed by atoms with Gasteiger partial charge in [0, 0.05) is 12.2 Å². The molecule has 0 bridgehead atoms. The molecular formula is C17H22O4. The van der Waals surface area contributed by atoms with E-state index in [1.807, 2.05) is 36.4 Å². The molecule has 0 amide bonds. The second-order valence-corrected chi connectivity index (χ2v) is 5.06. The molecule has 0 spiro atoms. The molecule has 1 aliphatic heterocycles. The maximum absolute atomic E-state index is 11.8. The normalized spacial score (nSPS) is 18.5. The van der Waals surface area contributed by atoms with Crippen molar-refractivity contribution in [3.05, 3.63) is 42.0 Å². The summed E-state index contributed by atoms with van der Waals surface area (Å²) in [5, 5.41) is 0. The second-order valence-electron chi connectivity index (χ2n) is 5.06. The van der Waals surface area contributed by atoms with Crippen molar-refractivity contribution in [2.75, 3.05) is 19.8 Å². The number of carbonyl (C=O) groups is 1. The van der Waals surface area contributed by atoms with Crippen molar-refractivity contribution in [2.24, 2.45) is 0 Å². The van der Waals surface area contributed by atoms with Gasteiger partial charge in [0.05, 0.1) is 6.10 Å². The molecule has 114 valence electrons. The average molecular weight is 290 g/mol. The van der Waals surface area contributed by atoms with E-state index in [4.69, 9.17) is 14.2 Å². The van der Waals surface area contributed by atoms with E-state index < -0.39 is 0 Å². The van der Waals surface area contributed by atoms with E-state index >= 15 is 0 Å². The molecule has 21 heavy (non-hydrogen) atoms. The summed E-state index contributed by atoms with van der Waals surface area (Å²) < 4.78 is 16.1. The van der Waals surface area contributed by atoms with Crippen molar-refractivity contribution in [1.29, 1.82) is 0 Å². The zero-order chi connectivity index (χ0) is 14.9. The van der Waals surface area contributed by atoms with Crippen molar-refractivity contribution in [3.63, 3.8) is 0 Å². The van der Waals surface area contributed by atoms with Gasteiger partial charge < -0.3 is 14.2 Å². The van der Waals surface area contributed by atoms with Crippen LogP contribution in [0.1, 0.15) is 26.2 Å². The van der Waals surface area contributed by atoms with Crippen LogP contribution in [0, 0.1) is 0 Å². The summed E-state index contributed by atoms with van der Waals surface area (Å²) >= 11 is 0. The third kappa shape index (κ3) is 5.60. The van der Waals surface area contributed by atoms with Gasteiger partial charge >= 0.3 is 5.97 Å². The number of para-hydroxylation sites is 1. The summed E-state index contributed by atoms with van der Waals surface area (Å²) in [5.74, 6) is 0.490. The number of rotatable bonds is 7. The predicted octanol–water partition coefficient (Wildman–Crippen LogP) is 3.12. The molecule has 1 saturated heterocycles. The van der Waals surface area contributed by atoms with Crippen LogP contribution in [0.3, 0.4) is 0 Å². The van der Waals surface area contributed by atoms with Crippen molar-refractivity contribution < 1.29 is 19.0 Å². The minimum absolute atomic E-state index is 0.249. The van der Waals surface area contributed by atoms with Crippen LogP contribution in [-0.4, -0.2) is 31.9 Å². The van der Waals surface area contributed by atoms with Gasteiger partial charge in [0.1, 0.15) is 19.0 Å². The zero-order valence-corrected chi connectivity index (χ0v) is 12.4. The Kier molecular flexibility index (Phi) is 6.28. The van der Waals surface area contributed by atoms with Gasteiger partial charge in [-0.1, -0.05) is 24.3 Å². The quantitative estimate of drug-likeness (QED) is 0.440. The minimum Gasteiger partial charge on any atom is -0.490 e. The first-order valence-corrected chi connectivity index (χ1v) is 7.39. The third-order valence-electron chi connectivity index (χ3n) is 3.36. The monoisotopic (exact) mass is 290 g/mol. The summed E-state index contributed by atoms with van der Waals surface area (Å²) in [5.41, 5.74) is 0.630. The van der Waals surface area contributed by atoms with Gasteiger partial charge in [0.2, 0.25) is 0 Å². The highest BCUT2D eigenvalue weighted by Crippen LogP contribution is 2.16. The molecule has 1 unspecified atom stereocenters. The summed E-state index contributed by atoms with van der Waals surface area (Å²) in [4.78, 5) is 11.8. The Labute approximate surface area is 125 Å². The fraction of sp³-hybridized carbons (Fsp3) is 0.471. The number of benzene rings is 1. The molecule has 2 rings (SSSR count). The van der Waals surface area contributed by atoms with Crippen LogP contribution in [0.15, 0.2) is 42.0 Å². The Bertz CT molecular complexity index is 461. The molecule has 1 aromatic carbocycles. The lowest BCUT2D eigenvalue weighted by atomic mass is 10.1. The first-order chi connectivity index (χ1) is 10.3. The fourth-order valence-corrected chi connectivity index (χ4v) is 2.15. The molecule has 0 aliphatic carbocycles. The van der Waals surface area contributed by atoms with Crippen LogP contribution < -0.4 is 4.74 Å². The molecule has 0 N–H and O–H groups in total. The number of hydrogen-bond donors (Lipinski definition) is 0. The SMILES string of the molecule is C/C(=C\CC1CCCO1)C(=O)OCCOc1ccccc1. The molecule has 1 aromatic rings. The Morgan fingerprint density at radius 2 is 2.14 bits per heavy atom. The van der Waals surface area contributed by atoms with Gasteiger partial charge in [0.15, 0.2) is 0 Å². The van der Waals surface area contributed by atoms with Crippen LogP contribution in [0.4, 0.5) is 0 Å². The predicted molar refractivity (Wildman–Crippen MR) is 80.2 cm³/mol. The van der Waals surface area contributed by atoms with Gasteiger partial charge in [-0.25, -0.2) is 4.79 Å². The largest absolute Gasteiger partial charge is 0.490 e. The topological polar surface area (TPSA) is 44.8 Å². The smallest absolute Gasteiger partial charge is 0.333 e. The van der Waals surface area contributed by atoms with E-state index in [-0.39, 0.29) is 18.7 Å². The highest BCUT2D eigenvalue weighted by Gasteiger charge is 2.14. The number of carbonyl (C=O) groups excluding carboxylic acids is 1. The Hall–Kier alpha value is -1.81. The summed E-state index contributed by atoms with van der Waals surface area (Å²) in [6.45, 7) is 3.21. The third-order valence-corrected chi connectivity index (χ3v) is 3.36. The Morgan fingerprint density at radius 3 is 2.86 bits per heavy atom. The molecule has 0 aromatic heterocycles. The van der Waals surface area contributed by atoms with Gasteiger partial charge in [-0.2, -0.15) is 0 Å². The molecule has 1 heterocycles. The number of hydrogen-bond acceptors (Lipinski definition) is 4. The molecule has 4 heteroatoms. The van der Waals surface area contributed by atoms with Crippen molar-refractivity contribution in [1.82, 2.24) is 0 Å². The second kappa shape index (κ2) is 8.47. The summed E-state index contributed by atoms with van der Waals surface area (Å²) in [6.07, 6.45) is 5.12. The molecule has 1 fully saturated rings. The van der Waals surface area contributed by atoms with E-state index in [0.29, 0.717) is 12.2 Å². The lowest BCUT2D eigenvalue weighted by Gasteiger charge is -2.08. The van der Waals surface area contributed by atoms with E-state index in [2.05, 4.69) is 0 Å². The molecule has 1 atom stereocenters. The van der Waals surface area contributed by atoms with Crippen LogP contribution >= 0.6 is 0 Å². The maximum Gasteiger partial charge on any atom is 0.333 e. The fourth-order valence-electron chi connectivity index (χ4n) is 2.15. The van der Waals surface area contributed by atoms with Crippen LogP contribution in [0.2, 0.25) is 0 Å². The van der Waals surface area contributed by atoms with Gasteiger partial charge in [-0.15, -0.1) is 0 Å². The number of esters is 1. The molecule has 0 radical (unpaired) electrons. The van der Waals surface area contributed by atoms with Gasteiger partial charge in [-0.3, -0.25) is 0 Å². The van der Waals surface area contributed by atoms with Crippen molar-refractivity contribution >= 4 is 5.97 Å². The zero-order valence-electron chi connectivity index (χ0n) is 12.4. The van der Waals surface area contributed by atoms with Crippen molar-refractivity contribution in [2.45, 2.75) is 32.3 Å². The standard InChI is InChI=1S/C17H22O4/c1-14(9-10-16-8-5-11-19-16)17(18)21-13-12-20-15-6-3-2-4-7-15/h2-4,6-7,9,16H,5,8,10-13H2,1H3/b14-9+. The molecular weight excluding hydrogens is 268 g/mol. The van der Waals surface area contributed by atoms with Crippen LogP contribution in [0.25, 0.3) is 0 Å². The van der Waals surface area contributed by atoms with E-state index in [9.17, 15) is 4.79 Å². The molecule has 4 nitrogen and oxygen atoms in total.